The lowest BCUT2D eigenvalue weighted by molar-refractivity contribution is 0.0948. The van der Waals surface area contributed by atoms with Gasteiger partial charge in [0.2, 0.25) is 5.75 Å². The van der Waals surface area contributed by atoms with Gasteiger partial charge in [0.05, 0.1) is 21.3 Å². The van der Waals surface area contributed by atoms with E-state index in [1.54, 1.807) is 19.1 Å². The quantitative estimate of drug-likeness (QED) is 0.694. The molecule has 0 aliphatic rings. The van der Waals surface area contributed by atoms with Crippen LogP contribution in [0.5, 0.6) is 17.2 Å². The number of aryl methyl sites for hydroxylation is 1. The SMILES string of the molecule is COc1cc(CNC(=O)c2cnc3scc(C)n3c2=O)cc(OC)c1OC. The predicted molar refractivity (Wildman–Crippen MR) is 101 cm³/mol. The molecule has 0 saturated heterocycles. The Morgan fingerprint density at radius 1 is 1.19 bits per heavy atom. The molecule has 0 spiro atoms. The van der Waals surface area contributed by atoms with Crippen LogP contribution < -0.4 is 25.1 Å². The third-order valence-corrected chi connectivity index (χ3v) is 5.00. The summed E-state index contributed by atoms with van der Waals surface area (Å²) in [4.78, 5) is 29.8. The summed E-state index contributed by atoms with van der Waals surface area (Å²) in [5.41, 5.74) is 1.08. The molecule has 1 N–H and O–H groups in total. The van der Waals surface area contributed by atoms with E-state index in [9.17, 15) is 9.59 Å². The van der Waals surface area contributed by atoms with E-state index in [-0.39, 0.29) is 17.7 Å². The minimum absolute atomic E-state index is 0.0126. The molecular formula is C18H19N3O5S. The van der Waals surface area contributed by atoms with Gasteiger partial charge in [-0.2, -0.15) is 0 Å². The van der Waals surface area contributed by atoms with Crippen molar-refractivity contribution in [2.45, 2.75) is 13.5 Å². The lowest BCUT2D eigenvalue weighted by Crippen LogP contribution is -2.31. The number of hydrogen-bond donors (Lipinski definition) is 1. The van der Waals surface area contributed by atoms with Gasteiger partial charge in [-0.1, -0.05) is 0 Å². The zero-order valence-corrected chi connectivity index (χ0v) is 16.2. The Morgan fingerprint density at radius 2 is 1.85 bits per heavy atom. The van der Waals surface area contributed by atoms with Crippen molar-refractivity contribution in [1.29, 1.82) is 0 Å². The van der Waals surface area contributed by atoms with E-state index in [0.717, 1.165) is 11.3 Å². The minimum Gasteiger partial charge on any atom is -0.493 e. The lowest BCUT2D eigenvalue weighted by Gasteiger charge is -2.14. The van der Waals surface area contributed by atoms with Crippen molar-refractivity contribution in [2.75, 3.05) is 21.3 Å². The molecule has 0 aliphatic heterocycles. The number of carbonyl (C=O) groups is 1. The first-order valence-electron chi connectivity index (χ1n) is 8.03. The van der Waals surface area contributed by atoms with E-state index < -0.39 is 5.91 Å². The molecule has 0 unspecified atom stereocenters. The first-order chi connectivity index (χ1) is 13.0. The first-order valence-corrected chi connectivity index (χ1v) is 8.91. The standard InChI is InChI=1S/C18H19N3O5S/c1-10-9-27-18-20-8-12(17(23)21(10)18)16(22)19-7-11-5-13(24-2)15(26-4)14(6-11)25-3/h5-6,8-9H,7H2,1-4H3,(H,19,22). The summed E-state index contributed by atoms with van der Waals surface area (Å²) in [6.07, 6.45) is 1.30. The van der Waals surface area contributed by atoms with Crippen molar-refractivity contribution in [3.63, 3.8) is 0 Å². The van der Waals surface area contributed by atoms with Crippen molar-refractivity contribution in [1.82, 2.24) is 14.7 Å². The van der Waals surface area contributed by atoms with Crippen LogP contribution in [0.15, 0.2) is 28.5 Å². The van der Waals surface area contributed by atoms with Crippen molar-refractivity contribution >= 4 is 22.2 Å². The zero-order valence-electron chi connectivity index (χ0n) is 15.4. The van der Waals surface area contributed by atoms with Gasteiger partial charge in [-0.25, -0.2) is 4.98 Å². The van der Waals surface area contributed by atoms with Crippen LogP contribution in [0.4, 0.5) is 0 Å². The molecule has 0 fully saturated rings. The number of fused-ring (bicyclic) bond motifs is 1. The number of hydrogen-bond acceptors (Lipinski definition) is 7. The Morgan fingerprint density at radius 3 is 2.44 bits per heavy atom. The third kappa shape index (κ3) is 3.45. The number of ether oxygens (including phenoxy) is 3. The predicted octanol–water partition coefficient (Wildman–Crippen LogP) is 2.02. The highest BCUT2D eigenvalue weighted by Gasteiger charge is 2.17. The highest BCUT2D eigenvalue weighted by molar-refractivity contribution is 7.15. The molecule has 8 nitrogen and oxygen atoms in total. The van der Waals surface area contributed by atoms with E-state index >= 15 is 0 Å². The second-order valence-electron chi connectivity index (χ2n) is 5.69. The molecule has 9 heteroatoms. The third-order valence-electron chi connectivity index (χ3n) is 4.04. The molecule has 0 bridgehead atoms. The number of carbonyl (C=O) groups excluding carboxylic acids is 1. The monoisotopic (exact) mass is 389 g/mol. The maximum atomic E-state index is 12.6. The number of methoxy groups -OCH3 is 3. The Balaban J connectivity index is 1.85. The van der Waals surface area contributed by atoms with Crippen LogP contribution in [-0.4, -0.2) is 36.6 Å². The normalized spacial score (nSPS) is 10.7. The van der Waals surface area contributed by atoms with E-state index in [0.29, 0.717) is 22.2 Å². The van der Waals surface area contributed by atoms with Crippen LogP contribution >= 0.6 is 11.3 Å². The fourth-order valence-electron chi connectivity index (χ4n) is 2.70. The molecule has 2 aromatic heterocycles. The molecular weight excluding hydrogens is 370 g/mol. The van der Waals surface area contributed by atoms with Gasteiger partial charge >= 0.3 is 0 Å². The topological polar surface area (TPSA) is 91.2 Å². The lowest BCUT2D eigenvalue weighted by atomic mass is 10.1. The second kappa shape index (κ2) is 7.67. The molecule has 0 saturated carbocycles. The Labute approximate surface area is 159 Å². The van der Waals surface area contributed by atoms with Gasteiger partial charge in [-0.05, 0) is 24.6 Å². The van der Waals surface area contributed by atoms with Crippen molar-refractivity contribution in [3.8, 4) is 17.2 Å². The largest absolute Gasteiger partial charge is 0.493 e. The number of thiazole rings is 1. The molecule has 142 valence electrons. The number of nitrogens with one attached hydrogen (secondary N) is 1. The minimum atomic E-state index is -0.499. The van der Waals surface area contributed by atoms with Gasteiger partial charge < -0.3 is 19.5 Å². The molecule has 1 amide bonds. The summed E-state index contributed by atoms with van der Waals surface area (Å²) in [6, 6.07) is 3.47. The number of benzene rings is 1. The molecule has 2 heterocycles. The van der Waals surface area contributed by atoms with E-state index in [4.69, 9.17) is 14.2 Å². The molecule has 0 aliphatic carbocycles. The van der Waals surface area contributed by atoms with Crippen LogP contribution in [0.25, 0.3) is 4.96 Å². The Bertz CT molecular complexity index is 1030. The summed E-state index contributed by atoms with van der Waals surface area (Å²) in [7, 11) is 4.56. The molecule has 3 aromatic rings. The average Bonchev–Trinajstić information content (AvgIpc) is 3.07. The van der Waals surface area contributed by atoms with Crippen LogP contribution in [0.3, 0.4) is 0 Å². The van der Waals surface area contributed by atoms with Gasteiger partial charge in [0.15, 0.2) is 16.5 Å². The Kier molecular flexibility index (Phi) is 5.31. The fourth-order valence-corrected chi connectivity index (χ4v) is 3.52. The summed E-state index contributed by atoms with van der Waals surface area (Å²) >= 11 is 1.35. The van der Waals surface area contributed by atoms with Gasteiger partial charge in [-0.15, -0.1) is 11.3 Å². The van der Waals surface area contributed by atoms with Gasteiger partial charge in [0.1, 0.15) is 5.56 Å². The van der Waals surface area contributed by atoms with Crippen molar-refractivity contribution < 1.29 is 19.0 Å². The smallest absolute Gasteiger partial charge is 0.271 e. The second-order valence-corrected chi connectivity index (χ2v) is 6.52. The summed E-state index contributed by atoms with van der Waals surface area (Å²) in [6.45, 7) is 1.98. The maximum Gasteiger partial charge on any atom is 0.271 e. The molecule has 0 radical (unpaired) electrons. The van der Waals surface area contributed by atoms with E-state index in [1.807, 2.05) is 5.38 Å². The highest BCUT2D eigenvalue weighted by Crippen LogP contribution is 2.38. The molecule has 0 atom stereocenters. The van der Waals surface area contributed by atoms with Crippen molar-refractivity contribution in [2.24, 2.45) is 0 Å². The van der Waals surface area contributed by atoms with Crippen LogP contribution in [-0.2, 0) is 6.54 Å². The summed E-state index contributed by atoms with van der Waals surface area (Å²) in [5.74, 6) is 0.938. The van der Waals surface area contributed by atoms with E-state index in [1.165, 1.54) is 43.3 Å². The molecule has 1 aromatic carbocycles. The van der Waals surface area contributed by atoms with Crippen LogP contribution in [0.2, 0.25) is 0 Å². The Hall–Kier alpha value is -3.07. The maximum absolute atomic E-state index is 12.6. The fraction of sp³-hybridized carbons (Fsp3) is 0.278. The number of aromatic nitrogens is 2. The first kappa shape index (κ1) is 18.7. The summed E-state index contributed by atoms with van der Waals surface area (Å²) < 4.78 is 17.3. The van der Waals surface area contributed by atoms with Gasteiger partial charge in [-0.3, -0.25) is 14.0 Å². The highest BCUT2D eigenvalue weighted by atomic mass is 32.1. The average molecular weight is 389 g/mol. The van der Waals surface area contributed by atoms with Crippen LogP contribution in [0, 0.1) is 6.92 Å². The molecule has 3 rings (SSSR count). The number of amides is 1. The molecule has 27 heavy (non-hydrogen) atoms. The number of nitrogens with zero attached hydrogens (tertiary/aromatic N) is 2. The summed E-state index contributed by atoms with van der Waals surface area (Å²) in [5, 5.41) is 4.55. The van der Waals surface area contributed by atoms with Crippen molar-refractivity contribution in [3.05, 3.63) is 50.9 Å². The van der Waals surface area contributed by atoms with E-state index in [2.05, 4.69) is 10.3 Å². The van der Waals surface area contributed by atoms with Gasteiger partial charge in [0.25, 0.3) is 11.5 Å². The van der Waals surface area contributed by atoms with Gasteiger partial charge in [0, 0.05) is 23.8 Å². The van der Waals surface area contributed by atoms with Crippen LogP contribution in [0.1, 0.15) is 21.6 Å². The zero-order chi connectivity index (χ0) is 19.6. The number of rotatable bonds is 6.